The third kappa shape index (κ3) is 10.2. The number of nitrogens with two attached hydrogens (primary N) is 2. The van der Waals surface area contributed by atoms with E-state index in [2.05, 4.69) is 0 Å². The van der Waals surface area contributed by atoms with Crippen molar-refractivity contribution in [3.63, 3.8) is 0 Å². The minimum atomic E-state index is -1.00. The number of carboxylic acid groups (broad SMARTS) is 1. The first-order valence-corrected chi connectivity index (χ1v) is 4.31. The summed E-state index contributed by atoms with van der Waals surface area (Å²) in [5.74, 6) is -0.948. The summed E-state index contributed by atoms with van der Waals surface area (Å²) in [5, 5.41) is 8.40. The normalized spacial score (nSPS) is 13.3. The van der Waals surface area contributed by atoms with Crippen molar-refractivity contribution < 1.29 is 14.3 Å². The lowest BCUT2D eigenvalue weighted by Gasteiger charge is -2.25. The molecule has 0 aliphatic heterocycles. The lowest BCUT2D eigenvalue weighted by molar-refractivity contribution is -0.137. The Hall–Kier alpha value is -0.100. The molecule has 0 rings (SSSR count). The highest BCUT2D eigenvalue weighted by atomic mass is 35.5. The average molecular weight is 265 g/mol. The summed E-state index contributed by atoms with van der Waals surface area (Å²) in [4.78, 5) is 10.2. The predicted molar refractivity (Wildman–Crippen MR) is 62.5 cm³/mol. The van der Waals surface area contributed by atoms with Crippen LogP contribution in [0.15, 0.2) is 0 Å². The van der Waals surface area contributed by atoms with Crippen molar-refractivity contribution in [1.29, 1.82) is 0 Å². The van der Waals surface area contributed by atoms with E-state index in [-0.39, 0.29) is 37.7 Å². The van der Waals surface area contributed by atoms with Crippen LogP contribution >= 0.6 is 24.8 Å². The number of hydrogen-bond donors (Lipinski definition) is 3. The van der Waals surface area contributed by atoms with Gasteiger partial charge in [-0.3, -0.25) is 4.79 Å². The standard InChI is InChI=1S/C8H17FN2O2.2ClH/c9-6-8(11,3-1-5-10)4-2-7(12)13;;/h1-6,10-11H2,(H,12,13);2*1H. The Morgan fingerprint density at radius 3 is 2.20 bits per heavy atom. The number of halogens is 3. The topological polar surface area (TPSA) is 89.3 Å². The minimum Gasteiger partial charge on any atom is -0.481 e. The Kier molecular flexibility index (Phi) is 14.1. The molecule has 4 nitrogen and oxygen atoms in total. The molecule has 0 spiro atoms. The molecule has 0 saturated heterocycles. The smallest absolute Gasteiger partial charge is 0.303 e. The maximum atomic E-state index is 12.5. The molecule has 0 aromatic heterocycles. The molecule has 1 unspecified atom stereocenters. The number of rotatable bonds is 7. The van der Waals surface area contributed by atoms with Crippen molar-refractivity contribution in [3.05, 3.63) is 0 Å². The number of carboxylic acids is 1. The Bertz CT molecular complexity index is 175. The molecular weight excluding hydrogens is 246 g/mol. The van der Waals surface area contributed by atoms with Crippen LogP contribution in [0.5, 0.6) is 0 Å². The average Bonchev–Trinajstić information content (AvgIpc) is 2.11. The van der Waals surface area contributed by atoms with Gasteiger partial charge in [0.15, 0.2) is 0 Å². The van der Waals surface area contributed by atoms with Gasteiger partial charge in [-0.05, 0) is 25.8 Å². The third-order valence-corrected chi connectivity index (χ3v) is 1.98. The summed E-state index contributed by atoms with van der Waals surface area (Å²) in [6.07, 6.45) is 1.14. The second-order valence-electron chi connectivity index (χ2n) is 3.28. The van der Waals surface area contributed by atoms with Crippen LogP contribution in [0.1, 0.15) is 25.7 Å². The van der Waals surface area contributed by atoms with Crippen molar-refractivity contribution >= 4 is 30.8 Å². The third-order valence-electron chi connectivity index (χ3n) is 1.98. The van der Waals surface area contributed by atoms with Crippen molar-refractivity contribution in [1.82, 2.24) is 0 Å². The monoisotopic (exact) mass is 264 g/mol. The van der Waals surface area contributed by atoms with Gasteiger partial charge in [0.1, 0.15) is 6.67 Å². The zero-order valence-corrected chi connectivity index (χ0v) is 10.1. The fraction of sp³-hybridized carbons (Fsp3) is 0.875. The molecule has 5 N–H and O–H groups in total. The molecule has 7 heteroatoms. The van der Waals surface area contributed by atoms with Crippen LogP contribution in [0.3, 0.4) is 0 Å². The largest absolute Gasteiger partial charge is 0.481 e. The van der Waals surface area contributed by atoms with Crippen LogP contribution < -0.4 is 11.5 Å². The fourth-order valence-corrected chi connectivity index (χ4v) is 1.07. The van der Waals surface area contributed by atoms with E-state index >= 15 is 0 Å². The molecule has 0 aromatic carbocycles. The Labute approximate surface area is 101 Å². The van der Waals surface area contributed by atoms with Gasteiger partial charge in [-0.25, -0.2) is 4.39 Å². The van der Waals surface area contributed by atoms with Gasteiger partial charge >= 0.3 is 5.97 Å². The molecule has 0 aliphatic carbocycles. The highest BCUT2D eigenvalue weighted by molar-refractivity contribution is 5.85. The molecule has 0 heterocycles. The highest BCUT2D eigenvalue weighted by Crippen LogP contribution is 2.16. The SMILES string of the molecule is Cl.Cl.NCCCC(N)(CF)CCC(=O)O. The van der Waals surface area contributed by atoms with E-state index in [4.69, 9.17) is 16.6 Å². The molecule has 0 aliphatic rings. The van der Waals surface area contributed by atoms with Gasteiger partial charge in [0.25, 0.3) is 0 Å². The number of alkyl halides is 1. The van der Waals surface area contributed by atoms with Gasteiger partial charge in [0.2, 0.25) is 0 Å². The van der Waals surface area contributed by atoms with Gasteiger partial charge in [0, 0.05) is 12.0 Å². The summed E-state index contributed by atoms with van der Waals surface area (Å²) < 4.78 is 12.5. The maximum absolute atomic E-state index is 12.5. The van der Waals surface area contributed by atoms with Gasteiger partial charge in [-0.15, -0.1) is 24.8 Å². The van der Waals surface area contributed by atoms with E-state index < -0.39 is 18.2 Å². The Morgan fingerprint density at radius 2 is 1.87 bits per heavy atom. The zero-order valence-electron chi connectivity index (χ0n) is 8.45. The van der Waals surface area contributed by atoms with E-state index in [1.807, 2.05) is 0 Å². The molecule has 0 bridgehead atoms. The Morgan fingerprint density at radius 1 is 1.33 bits per heavy atom. The van der Waals surface area contributed by atoms with Crippen LogP contribution in [-0.4, -0.2) is 29.8 Å². The lowest BCUT2D eigenvalue weighted by Crippen LogP contribution is -2.43. The van der Waals surface area contributed by atoms with Crippen LogP contribution in [0.2, 0.25) is 0 Å². The van der Waals surface area contributed by atoms with Crippen molar-refractivity contribution in [3.8, 4) is 0 Å². The number of aliphatic carboxylic acids is 1. The predicted octanol–water partition coefficient (Wildman–Crippen LogP) is 1.10. The summed E-state index contributed by atoms with van der Waals surface area (Å²) in [6, 6.07) is 0. The van der Waals surface area contributed by atoms with Gasteiger partial charge in [-0.2, -0.15) is 0 Å². The van der Waals surface area contributed by atoms with E-state index in [1.165, 1.54) is 0 Å². The molecule has 0 amide bonds. The summed E-state index contributed by atoms with van der Waals surface area (Å²) in [7, 11) is 0. The van der Waals surface area contributed by atoms with Crippen molar-refractivity contribution in [2.75, 3.05) is 13.2 Å². The molecule has 0 fully saturated rings. The van der Waals surface area contributed by atoms with Crippen molar-refractivity contribution in [2.24, 2.45) is 11.5 Å². The summed E-state index contributed by atoms with van der Waals surface area (Å²) >= 11 is 0. The first-order valence-electron chi connectivity index (χ1n) is 4.31. The molecule has 94 valence electrons. The van der Waals surface area contributed by atoms with Crippen LogP contribution in [0.25, 0.3) is 0 Å². The molecular formula is C8H19Cl2FN2O2. The first-order chi connectivity index (χ1) is 6.04. The van der Waals surface area contributed by atoms with E-state index in [9.17, 15) is 9.18 Å². The van der Waals surface area contributed by atoms with E-state index in [1.54, 1.807) is 0 Å². The lowest BCUT2D eigenvalue weighted by atomic mass is 9.91. The Balaban J connectivity index is -0.000000720. The second kappa shape index (κ2) is 10.4. The zero-order chi connectivity index (χ0) is 10.3. The van der Waals surface area contributed by atoms with Crippen LogP contribution in [-0.2, 0) is 4.79 Å². The number of carbonyl (C=O) groups is 1. The number of hydrogen-bond acceptors (Lipinski definition) is 3. The molecule has 0 radical (unpaired) electrons. The van der Waals surface area contributed by atoms with E-state index in [0.29, 0.717) is 19.4 Å². The van der Waals surface area contributed by atoms with E-state index in [0.717, 1.165) is 0 Å². The highest BCUT2D eigenvalue weighted by Gasteiger charge is 2.24. The second-order valence-corrected chi connectivity index (χ2v) is 3.28. The molecule has 0 saturated carbocycles. The fourth-order valence-electron chi connectivity index (χ4n) is 1.07. The minimum absolute atomic E-state index is 0. The van der Waals surface area contributed by atoms with Crippen molar-refractivity contribution in [2.45, 2.75) is 31.2 Å². The molecule has 0 aromatic rings. The molecule has 1 atom stereocenters. The summed E-state index contributed by atoms with van der Waals surface area (Å²) in [5.41, 5.74) is 9.89. The van der Waals surface area contributed by atoms with Crippen LogP contribution in [0.4, 0.5) is 4.39 Å². The van der Waals surface area contributed by atoms with Gasteiger partial charge < -0.3 is 16.6 Å². The molecule has 15 heavy (non-hydrogen) atoms. The summed E-state index contributed by atoms with van der Waals surface area (Å²) in [6.45, 7) is -0.244. The quantitative estimate of drug-likeness (QED) is 0.643. The van der Waals surface area contributed by atoms with Crippen LogP contribution in [0, 0.1) is 0 Å². The maximum Gasteiger partial charge on any atom is 0.303 e. The van der Waals surface area contributed by atoms with Gasteiger partial charge in [-0.1, -0.05) is 0 Å². The first kappa shape index (κ1) is 20.3. The van der Waals surface area contributed by atoms with Gasteiger partial charge in [0.05, 0.1) is 0 Å².